The Balaban J connectivity index is 1.28. The zero-order valence-electron chi connectivity index (χ0n) is 26.3. The summed E-state index contributed by atoms with van der Waals surface area (Å²) in [6.45, 7) is 14.9. The van der Waals surface area contributed by atoms with E-state index >= 15 is 0 Å². The van der Waals surface area contributed by atoms with Crippen molar-refractivity contribution < 1.29 is 9.53 Å². The number of hydrogen-bond acceptors (Lipinski definition) is 2. The Morgan fingerprint density at radius 2 is 1.61 bits per heavy atom. The first kappa shape index (κ1) is 30.4. The summed E-state index contributed by atoms with van der Waals surface area (Å²) in [6.07, 6.45) is 23.3. The van der Waals surface area contributed by atoms with E-state index in [1.165, 1.54) is 89.9 Å². The molecule has 2 nitrogen and oxygen atoms in total. The van der Waals surface area contributed by atoms with E-state index in [0.29, 0.717) is 11.8 Å². The summed E-state index contributed by atoms with van der Waals surface area (Å²) >= 11 is 0. The molecule has 220 valence electrons. The second kappa shape index (κ2) is 13.9. The normalized spacial score (nSPS) is 39.3. The highest BCUT2D eigenvalue weighted by Crippen LogP contribution is 2.65. The highest BCUT2D eigenvalue weighted by atomic mass is 16.5. The van der Waals surface area contributed by atoms with Crippen molar-refractivity contribution in [2.24, 2.45) is 58.7 Å². The van der Waals surface area contributed by atoms with Crippen LogP contribution in [0.3, 0.4) is 0 Å². The van der Waals surface area contributed by atoms with Crippen molar-refractivity contribution in [1.29, 1.82) is 0 Å². The Morgan fingerprint density at radius 1 is 0.868 bits per heavy atom. The molecule has 0 amide bonds. The first-order valence-electron chi connectivity index (χ1n) is 17.4. The molecule has 0 aromatic rings. The second-order valence-corrected chi connectivity index (χ2v) is 15.5. The van der Waals surface area contributed by atoms with Gasteiger partial charge in [0.15, 0.2) is 0 Å². The summed E-state index contributed by atoms with van der Waals surface area (Å²) in [5, 5.41) is 0. The molecule has 0 bridgehead atoms. The second-order valence-electron chi connectivity index (χ2n) is 15.5. The van der Waals surface area contributed by atoms with Gasteiger partial charge in [-0.1, -0.05) is 92.9 Å². The fourth-order valence-electron chi connectivity index (χ4n) is 10.5. The van der Waals surface area contributed by atoms with Crippen molar-refractivity contribution in [3.8, 4) is 0 Å². The minimum absolute atomic E-state index is 0.0800. The fourth-order valence-corrected chi connectivity index (χ4v) is 10.5. The van der Waals surface area contributed by atoms with Crippen LogP contribution in [-0.4, -0.2) is 12.1 Å². The molecule has 0 heterocycles. The van der Waals surface area contributed by atoms with E-state index in [4.69, 9.17) is 4.74 Å². The highest BCUT2D eigenvalue weighted by Gasteiger charge is 2.58. The van der Waals surface area contributed by atoms with E-state index in [1.807, 2.05) is 0 Å². The van der Waals surface area contributed by atoms with Gasteiger partial charge in [0.1, 0.15) is 6.10 Å². The lowest BCUT2D eigenvalue weighted by atomic mass is 9.45. The third-order valence-electron chi connectivity index (χ3n) is 12.6. The van der Waals surface area contributed by atoms with Gasteiger partial charge in [0.2, 0.25) is 0 Å². The lowest BCUT2D eigenvalue weighted by Gasteiger charge is -2.60. The van der Waals surface area contributed by atoms with Gasteiger partial charge in [0.25, 0.3) is 0 Å². The minimum Gasteiger partial charge on any atom is -0.462 e. The van der Waals surface area contributed by atoms with Crippen LogP contribution < -0.4 is 0 Å². The Kier molecular flexibility index (Phi) is 11.1. The Bertz CT molecular complexity index is 729. The van der Waals surface area contributed by atoms with E-state index in [9.17, 15) is 4.79 Å². The first-order chi connectivity index (χ1) is 18.2. The highest BCUT2D eigenvalue weighted by molar-refractivity contribution is 5.69. The summed E-state index contributed by atoms with van der Waals surface area (Å²) < 4.78 is 6.09. The molecule has 4 fully saturated rings. The molecule has 4 aliphatic carbocycles. The molecule has 10 unspecified atom stereocenters. The number of unbranched alkanes of at least 4 members (excludes halogenated alkanes) is 5. The molecule has 0 spiro atoms. The number of ether oxygens (including phenoxy) is 1. The van der Waals surface area contributed by atoms with Crippen molar-refractivity contribution in [1.82, 2.24) is 0 Å². The van der Waals surface area contributed by atoms with Gasteiger partial charge in [-0.2, -0.15) is 0 Å². The molecule has 38 heavy (non-hydrogen) atoms. The molecular formula is C36H64O2. The molecule has 10 atom stereocenters. The van der Waals surface area contributed by atoms with Crippen LogP contribution in [0.1, 0.15) is 157 Å². The molecule has 2 heteroatoms. The number of carbonyl (C=O) groups is 1. The first-order valence-corrected chi connectivity index (χ1v) is 17.4. The average Bonchev–Trinajstić information content (AvgIpc) is 3.33. The molecule has 0 aromatic carbocycles. The standard InChI is InChI=1S/C36H64O2/c1-7-8-9-10-11-12-16-34(37)38-29-21-22-36(6)28(24-29)17-18-31-32-20-19-30(26(4)15-13-14-25(2)3)35(32)27(5)23-33(31)36/h25-33,35H,7-24H2,1-6H3. The zero-order chi connectivity index (χ0) is 27.3. The van der Waals surface area contributed by atoms with Gasteiger partial charge < -0.3 is 4.74 Å². The monoisotopic (exact) mass is 528 g/mol. The fraction of sp³-hybridized carbons (Fsp3) is 0.972. The van der Waals surface area contributed by atoms with Crippen LogP contribution in [0.2, 0.25) is 0 Å². The predicted molar refractivity (Wildman–Crippen MR) is 161 cm³/mol. The van der Waals surface area contributed by atoms with E-state index < -0.39 is 0 Å². The van der Waals surface area contributed by atoms with Gasteiger partial charge in [0, 0.05) is 6.42 Å². The SMILES string of the molecule is CCCCCCCCC(=O)OC1CCC2(C)C(CCC3C4CCC(C(C)CCCC(C)C)C4C(C)CC32)C1. The molecule has 0 N–H and O–H groups in total. The lowest BCUT2D eigenvalue weighted by molar-refractivity contribution is -0.161. The van der Waals surface area contributed by atoms with Gasteiger partial charge in [-0.3, -0.25) is 4.79 Å². The maximum Gasteiger partial charge on any atom is 0.306 e. The van der Waals surface area contributed by atoms with E-state index in [2.05, 4.69) is 41.5 Å². The Morgan fingerprint density at radius 3 is 2.37 bits per heavy atom. The molecule has 0 radical (unpaired) electrons. The van der Waals surface area contributed by atoms with Crippen LogP contribution in [0.25, 0.3) is 0 Å². The Hall–Kier alpha value is -0.530. The molecular weight excluding hydrogens is 464 g/mol. The van der Waals surface area contributed by atoms with Crippen molar-refractivity contribution in [3.63, 3.8) is 0 Å². The van der Waals surface area contributed by atoms with Crippen LogP contribution in [0.15, 0.2) is 0 Å². The van der Waals surface area contributed by atoms with Crippen molar-refractivity contribution in [3.05, 3.63) is 0 Å². The quantitative estimate of drug-likeness (QED) is 0.175. The van der Waals surface area contributed by atoms with Gasteiger partial charge in [-0.25, -0.2) is 0 Å². The van der Waals surface area contributed by atoms with Crippen molar-refractivity contribution in [2.75, 3.05) is 0 Å². The summed E-state index contributed by atoms with van der Waals surface area (Å²) in [5.41, 5.74) is 0.477. The van der Waals surface area contributed by atoms with Gasteiger partial charge >= 0.3 is 5.97 Å². The number of carbonyl (C=O) groups excluding carboxylic acids is 1. The summed E-state index contributed by atoms with van der Waals surface area (Å²) in [5.74, 6) is 8.34. The van der Waals surface area contributed by atoms with E-state index in [0.717, 1.165) is 72.5 Å². The smallest absolute Gasteiger partial charge is 0.306 e. The summed E-state index contributed by atoms with van der Waals surface area (Å²) in [6, 6.07) is 0. The van der Waals surface area contributed by atoms with Gasteiger partial charge in [-0.05, 0) is 116 Å². The van der Waals surface area contributed by atoms with Crippen molar-refractivity contribution in [2.45, 2.75) is 163 Å². The number of hydrogen-bond donors (Lipinski definition) is 0. The van der Waals surface area contributed by atoms with Crippen LogP contribution in [-0.2, 0) is 9.53 Å². The molecule has 4 saturated carbocycles. The number of esters is 1. The molecule has 0 aliphatic heterocycles. The topological polar surface area (TPSA) is 26.3 Å². The minimum atomic E-state index is 0.0800. The third kappa shape index (κ3) is 7.02. The summed E-state index contributed by atoms with van der Waals surface area (Å²) in [7, 11) is 0. The van der Waals surface area contributed by atoms with Gasteiger partial charge in [0.05, 0.1) is 0 Å². The largest absolute Gasteiger partial charge is 0.462 e. The third-order valence-corrected chi connectivity index (χ3v) is 12.6. The van der Waals surface area contributed by atoms with E-state index in [1.54, 1.807) is 0 Å². The maximum atomic E-state index is 12.6. The zero-order valence-corrected chi connectivity index (χ0v) is 26.3. The average molecular weight is 529 g/mol. The van der Waals surface area contributed by atoms with Crippen LogP contribution in [0, 0.1) is 58.7 Å². The Labute approximate surface area is 237 Å². The molecule has 0 aromatic heterocycles. The molecule has 4 rings (SSSR count). The molecule has 0 saturated heterocycles. The van der Waals surface area contributed by atoms with E-state index in [-0.39, 0.29) is 12.1 Å². The molecule has 4 aliphatic rings. The van der Waals surface area contributed by atoms with Crippen LogP contribution >= 0.6 is 0 Å². The van der Waals surface area contributed by atoms with Crippen LogP contribution in [0.5, 0.6) is 0 Å². The van der Waals surface area contributed by atoms with Crippen molar-refractivity contribution >= 4 is 5.97 Å². The maximum absolute atomic E-state index is 12.6. The van der Waals surface area contributed by atoms with Crippen LogP contribution in [0.4, 0.5) is 0 Å². The predicted octanol–water partition coefficient (Wildman–Crippen LogP) is 10.6. The number of rotatable bonds is 13. The summed E-state index contributed by atoms with van der Waals surface area (Å²) in [4.78, 5) is 12.6. The van der Waals surface area contributed by atoms with Gasteiger partial charge in [-0.15, -0.1) is 0 Å². The lowest BCUT2D eigenvalue weighted by Crippen LogP contribution is -2.54. The number of fused-ring (bicyclic) bond motifs is 5.